The van der Waals surface area contributed by atoms with E-state index in [9.17, 15) is 9.90 Å². The fourth-order valence-corrected chi connectivity index (χ4v) is 0.736. The second kappa shape index (κ2) is 5.16. The van der Waals surface area contributed by atoms with Crippen molar-refractivity contribution in [2.45, 2.75) is 0 Å². The van der Waals surface area contributed by atoms with Gasteiger partial charge in [-0.25, -0.2) is 0 Å². The van der Waals surface area contributed by atoms with Crippen LogP contribution in [-0.4, -0.2) is 5.97 Å². The summed E-state index contributed by atoms with van der Waals surface area (Å²) in [5.41, 5.74) is 2.99. The molecule has 0 aliphatic rings. The average molecular weight is 174 g/mol. The van der Waals surface area contributed by atoms with Crippen molar-refractivity contribution in [3.05, 3.63) is 29.8 Å². The number of nitrogens with two attached hydrogens (primary N) is 1. The number of hydrogen-bond acceptors (Lipinski definition) is 4. The first-order valence-electron chi connectivity index (χ1n) is 3.02. The SMILES string of the molecule is NNc1cccc(C(=O)[O-])c1.[Na+]. The molecule has 0 unspecified atom stereocenters. The van der Waals surface area contributed by atoms with Crippen LogP contribution in [0.15, 0.2) is 24.3 Å². The van der Waals surface area contributed by atoms with Gasteiger partial charge in [-0.2, -0.15) is 0 Å². The molecule has 1 rings (SSSR count). The van der Waals surface area contributed by atoms with Crippen molar-refractivity contribution in [2.75, 3.05) is 5.43 Å². The molecule has 4 nitrogen and oxygen atoms in total. The Morgan fingerprint density at radius 1 is 1.50 bits per heavy atom. The molecule has 0 amide bonds. The van der Waals surface area contributed by atoms with Gasteiger partial charge < -0.3 is 15.3 Å². The van der Waals surface area contributed by atoms with Crippen LogP contribution in [0.4, 0.5) is 5.69 Å². The molecular weight excluding hydrogens is 167 g/mol. The molecule has 0 fully saturated rings. The Morgan fingerprint density at radius 3 is 2.67 bits per heavy atom. The summed E-state index contributed by atoms with van der Waals surface area (Å²) in [5.74, 6) is 3.85. The normalized spacial score (nSPS) is 8.42. The molecule has 0 radical (unpaired) electrons. The maximum Gasteiger partial charge on any atom is 1.00 e. The number of carbonyl (C=O) groups excluding carboxylic acids is 1. The standard InChI is InChI=1S/C7H8N2O2.Na/c8-9-6-3-1-2-5(4-6)7(10)11;/h1-4,9H,8H2,(H,10,11);/q;+1/p-1. The zero-order valence-electron chi connectivity index (χ0n) is 6.70. The van der Waals surface area contributed by atoms with Gasteiger partial charge in [-0.3, -0.25) is 5.84 Å². The molecule has 1 aromatic rings. The zero-order valence-corrected chi connectivity index (χ0v) is 8.70. The number of carboxylic acids is 1. The van der Waals surface area contributed by atoms with Gasteiger partial charge in [0.15, 0.2) is 0 Å². The molecule has 5 heteroatoms. The van der Waals surface area contributed by atoms with Crippen molar-refractivity contribution < 1.29 is 39.5 Å². The topological polar surface area (TPSA) is 78.2 Å². The summed E-state index contributed by atoms with van der Waals surface area (Å²) >= 11 is 0. The third-order valence-corrected chi connectivity index (χ3v) is 1.26. The molecule has 0 bridgehead atoms. The van der Waals surface area contributed by atoms with Crippen molar-refractivity contribution in [3.63, 3.8) is 0 Å². The molecule has 0 aromatic heterocycles. The first kappa shape index (κ1) is 11.4. The Labute approximate surface area is 92.0 Å². The Balaban J connectivity index is 0.00000121. The van der Waals surface area contributed by atoms with Crippen LogP contribution in [0.1, 0.15) is 10.4 Å². The number of carboxylic acid groups (broad SMARTS) is 1. The number of anilines is 1. The summed E-state index contributed by atoms with van der Waals surface area (Å²) in [4.78, 5) is 10.3. The van der Waals surface area contributed by atoms with Crippen LogP contribution < -0.4 is 45.9 Å². The van der Waals surface area contributed by atoms with Crippen molar-refractivity contribution in [1.29, 1.82) is 0 Å². The van der Waals surface area contributed by atoms with Crippen molar-refractivity contribution in [3.8, 4) is 0 Å². The average Bonchev–Trinajstić information content (AvgIpc) is 2.05. The van der Waals surface area contributed by atoms with Gasteiger partial charge in [0.2, 0.25) is 0 Å². The number of carbonyl (C=O) groups is 1. The van der Waals surface area contributed by atoms with E-state index in [1.54, 1.807) is 12.1 Å². The summed E-state index contributed by atoms with van der Waals surface area (Å²) in [6.07, 6.45) is 0. The maximum absolute atomic E-state index is 10.3. The van der Waals surface area contributed by atoms with Crippen LogP contribution in [0.3, 0.4) is 0 Å². The van der Waals surface area contributed by atoms with Crippen molar-refractivity contribution in [2.24, 2.45) is 5.84 Å². The minimum atomic E-state index is -1.21. The van der Waals surface area contributed by atoms with E-state index in [2.05, 4.69) is 5.43 Å². The summed E-state index contributed by atoms with van der Waals surface area (Å²) in [5, 5.41) is 10.3. The van der Waals surface area contributed by atoms with E-state index in [0.717, 1.165) is 0 Å². The third kappa shape index (κ3) is 2.83. The number of benzene rings is 1. The first-order valence-corrected chi connectivity index (χ1v) is 3.02. The molecule has 0 aliphatic heterocycles. The van der Waals surface area contributed by atoms with Gasteiger partial charge in [0, 0.05) is 5.69 Å². The van der Waals surface area contributed by atoms with Gasteiger partial charge >= 0.3 is 29.6 Å². The first-order chi connectivity index (χ1) is 5.24. The Morgan fingerprint density at radius 2 is 2.17 bits per heavy atom. The molecule has 12 heavy (non-hydrogen) atoms. The van der Waals surface area contributed by atoms with E-state index in [1.165, 1.54) is 12.1 Å². The predicted molar refractivity (Wildman–Crippen MR) is 38.6 cm³/mol. The maximum atomic E-state index is 10.3. The molecule has 0 heterocycles. The fourth-order valence-electron chi connectivity index (χ4n) is 0.736. The van der Waals surface area contributed by atoms with Crippen molar-refractivity contribution >= 4 is 11.7 Å². The van der Waals surface area contributed by atoms with Crippen LogP contribution in [0.5, 0.6) is 0 Å². The summed E-state index contributed by atoms with van der Waals surface area (Å²) in [6, 6.07) is 6.08. The van der Waals surface area contributed by atoms with Crippen LogP contribution in [0.2, 0.25) is 0 Å². The number of rotatable bonds is 2. The van der Waals surface area contributed by atoms with Crippen LogP contribution in [0.25, 0.3) is 0 Å². The number of aromatic carboxylic acids is 1. The monoisotopic (exact) mass is 174 g/mol. The van der Waals surface area contributed by atoms with E-state index in [0.29, 0.717) is 5.69 Å². The quantitative estimate of drug-likeness (QED) is 0.275. The molecule has 1 aromatic carbocycles. The van der Waals surface area contributed by atoms with Gasteiger partial charge in [-0.05, 0) is 17.7 Å². The number of hydrogen-bond donors (Lipinski definition) is 2. The smallest absolute Gasteiger partial charge is 0.545 e. The van der Waals surface area contributed by atoms with Gasteiger partial charge in [-0.1, -0.05) is 12.1 Å². The fraction of sp³-hybridized carbons (Fsp3) is 0. The van der Waals surface area contributed by atoms with Crippen molar-refractivity contribution in [1.82, 2.24) is 0 Å². The zero-order chi connectivity index (χ0) is 8.27. The van der Waals surface area contributed by atoms with Crippen LogP contribution >= 0.6 is 0 Å². The van der Waals surface area contributed by atoms with Gasteiger partial charge in [-0.15, -0.1) is 0 Å². The molecule has 58 valence electrons. The van der Waals surface area contributed by atoms with Crippen LogP contribution in [0, 0.1) is 0 Å². The van der Waals surface area contributed by atoms with Gasteiger partial charge in [0.1, 0.15) is 0 Å². The molecule has 0 spiro atoms. The Kier molecular flexibility index (Phi) is 4.92. The largest absolute Gasteiger partial charge is 1.00 e. The molecule has 0 atom stereocenters. The summed E-state index contributed by atoms with van der Waals surface area (Å²) in [6.45, 7) is 0. The number of nitrogens with one attached hydrogen (secondary N) is 1. The minimum Gasteiger partial charge on any atom is -0.545 e. The van der Waals surface area contributed by atoms with E-state index in [-0.39, 0.29) is 35.1 Å². The molecule has 3 N–H and O–H groups in total. The second-order valence-electron chi connectivity index (χ2n) is 2.01. The molecule has 0 aliphatic carbocycles. The summed E-state index contributed by atoms with van der Waals surface area (Å²) < 4.78 is 0. The van der Waals surface area contributed by atoms with E-state index in [4.69, 9.17) is 5.84 Å². The second-order valence-corrected chi connectivity index (χ2v) is 2.01. The predicted octanol–water partition coefficient (Wildman–Crippen LogP) is -3.66. The molecular formula is C7H7N2NaO2. The Bertz CT molecular complexity index is 278. The Hall–Kier alpha value is -0.550. The van der Waals surface area contributed by atoms with Gasteiger partial charge in [0.05, 0.1) is 5.97 Å². The summed E-state index contributed by atoms with van der Waals surface area (Å²) in [7, 11) is 0. The van der Waals surface area contributed by atoms with E-state index >= 15 is 0 Å². The number of nitrogen functional groups attached to an aromatic ring is 1. The minimum absolute atomic E-state index is 0. The third-order valence-electron chi connectivity index (χ3n) is 1.26. The van der Waals surface area contributed by atoms with E-state index < -0.39 is 5.97 Å². The van der Waals surface area contributed by atoms with Crippen LogP contribution in [-0.2, 0) is 0 Å². The van der Waals surface area contributed by atoms with Gasteiger partial charge in [0.25, 0.3) is 0 Å². The number of hydrazine groups is 1. The molecule has 0 saturated carbocycles. The molecule has 0 saturated heterocycles. The van der Waals surface area contributed by atoms with E-state index in [1.807, 2.05) is 0 Å².